The largest absolute Gasteiger partial charge is 0.275 e. The van der Waals surface area contributed by atoms with E-state index in [1.54, 1.807) is 0 Å². The molecule has 0 spiro atoms. The van der Waals surface area contributed by atoms with Gasteiger partial charge in [-0.25, -0.2) is 9.97 Å². The first-order valence-electron chi connectivity index (χ1n) is 11.5. The van der Waals surface area contributed by atoms with Gasteiger partial charge in [0.2, 0.25) is 0 Å². The molecule has 0 unspecified atom stereocenters. The van der Waals surface area contributed by atoms with E-state index >= 15 is 0 Å². The smallest absolute Gasteiger partial charge is 0.134 e. The third-order valence-electron chi connectivity index (χ3n) is 6.60. The van der Waals surface area contributed by atoms with Crippen LogP contribution >= 0.6 is 0 Å². The molecule has 0 bridgehead atoms. The first-order valence-corrected chi connectivity index (χ1v) is 11.5. The van der Waals surface area contributed by atoms with E-state index in [0.29, 0.717) is 6.42 Å². The Labute approximate surface area is 197 Å². The summed E-state index contributed by atoms with van der Waals surface area (Å²) >= 11 is 0. The summed E-state index contributed by atoms with van der Waals surface area (Å²) in [5.74, 6) is 0.784. The standard InChI is InChI=1S/C26H26N8/c1-16-11-21(30-33(16)3)12-23-27-13-19-9-10-22-24(25(19)29-23)26(34(4)31-22)18-7-5-17(6-8-18)20-14-28-32(2)15-20/h5-8,11,13-15H,9-10,12H2,1-4H3. The van der Waals surface area contributed by atoms with E-state index in [-0.39, 0.29) is 0 Å². The number of aryl methyl sites for hydroxylation is 6. The van der Waals surface area contributed by atoms with Crippen LogP contribution in [0.1, 0.15) is 28.5 Å². The molecular formula is C26H26N8. The minimum atomic E-state index is 0.611. The summed E-state index contributed by atoms with van der Waals surface area (Å²) in [5, 5.41) is 13.7. The summed E-state index contributed by atoms with van der Waals surface area (Å²) in [4.78, 5) is 9.69. The van der Waals surface area contributed by atoms with E-state index in [1.807, 2.05) is 53.8 Å². The van der Waals surface area contributed by atoms with Gasteiger partial charge < -0.3 is 0 Å². The molecule has 8 nitrogen and oxygen atoms in total. The number of rotatable bonds is 4. The van der Waals surface area contributed by atoms with Crippen molar-refractivity contribution in [2.24, 2.45) is 21.1 Å². The van der Waals surface area contributed by atoms with Gasteiger partial charge >= 0.3 is 0 Å². The Kier molecular flexibility index (Phi) is 4.69. The lowest BCUT2D eigenvalue weighted by Crippen LogP contribution is -2.09. The van der Waals surface area contributed by atoms with Gasteiger partial charge in [0.05, 0.1) is 35.4 Å². The normalized spacial score (nSPS) is 12.6. The zero-order valence-corrected chi connectivity index (χ0v) is 19.8. The topological polar surface area (TPSA) is 79.2 Å². The Hall–Kier alpha value is -4.07. The number of hydrogen-bond donors (Lipinski definition) is 0. The van der Waals surface area contributed by atoms with Crippen LogP contribution in [0.5, 0.6) is 0 Å². The van der Waals surface area contributed by atoms with Gasteiger partial charge in [-0.15, -0.1) is 0 Å². The fraction of sp³-hybridized carbons (Fsp3) is 0.269. The monoisotopic (exact) mass is 450 g/mol. The fourth-order valence-electron chi connectivity index (χ4n) is 4.79. The first-order chi connectivity index (χ1) is 16.5. The van der Waals surface area contributed by atoms with Gasteiger partial charge in [-0.2, -0.15) is 15.3 Å². The predicted molar refractivity (Wildman–Crippen MR) is 130 cm³/mol. The summed E-state index contributed by atoms with van der Waals surface area (Å²) in [6.45, 7) is 2.05. The minimum Gasteiger partial charge on any atom is -0.275 e. The van der Waals surface area contributed by atoms with Crippen LogP contribution in [0, 0.1) is 6.92 Å². The molecule has 8 heteroatoms. The average Bonchev–Trinajstić information content (AvgIpc) is 3.50. The lowest BCUT2D eigenvalue weighted by atomic mass is 9.91. The second-order valence-corrected chi connectivity index (χ2v) is 9.01. The van der Waals surface area contributed by atoms with Crippen LogP contribution in [0.25, 0.3) is 33.6 Å². The molecule has 1 aromatic carbocycles. The number of aromatic nitrogens is 8. The highest BCUT2D eigenvalue weighted by Gasteiger charge is 2.27. The number of fused-ring (bicyclic) bond motifs is 3. The number of hydrogen-bond acceptors (Lipinski definition) is 5. The van der Waals surface area contributed by atoms with Crippen LogP contribution in [0.3, 0.4) is 0 Å². The van der Waals surface area contributed by atoms with Crippen molar-refractivity contribution >= 4 is 0 Å². The first kappa shape index (κ1) is 20.5. The van der Waals surface area contributed by atoms with Crippen molar-refractivity contribution in [1.29, 1.82) is 0 Å². The van der Waals surface area contributed by atoms with Crippen molar-refractivity contribution in [3.8, 4) is 33.6 Å². The van der Waals surface area contributed by atoms with E-state index in [0.717, 1.165) is 69.4 Å². The number of nitrogens with zero attached hydrogens (tertiary/aromatic N) is 8. The van der Waals surface area contributed by atoms with Gasteiger partial charge in [0.25, 0.3) is 0 Å². The molecule has 5 aromatic rings. The molecule has 1 aliphatic carbocycles. The Bertz CT molecular complexity index is 1500. The predicted octanol–water partition coefficient (Wildman–Crippen LogP) is 3.68. The van der Waals surface area contributed by atoms with Gasteiger partial charge in [-0.05, 0) is 37.0 Å². The summed E-state index contributed by atoms with van der Waals surface area (Å²) in [6, 6.07) is 10.7. The van der Waals surface area contributed by atoms with Gasteiger partial charge in [0, 0.05) is 55.9 Å². The van der Waals surface area contributed by atoms with E-state index in [4.69, 9.17) is 10.1 Å². The number of benzene rings is 1. The van der Waals surface area contributed by atoms with Gasteiger partial charge in [0.15, 0.2) is 0 Å². The third-order valence-corrected chi connectivity index (χ3v) is 6.60. The summed E-state index contributed by atoms with van der Waals surface area (Å²) in [5.41, 5.74) is 11.0. The summed E-state index contributed by atoms with van der Waals surface area (Å²) < 4.78 is 5.70. The van der Waals surface area contributed by atoms with E-state index < -0.39 is 0 Å². The Balaban J connectivity index is 1.40. The van der Waals surface area contributed by atoms with Gasteiger partial charge in [-0.3, -0.25) is 14.0 Å². The van der Waals surface area contributed by atoms with Crippen molar-refractivity contribution < 1.29 is 0 Å². The highest BCUT2D eigenvalue weighted by Crippen LogP contribution is 2.39. The summed E-state index contributed by atoms with van der Waals surface area (Å²) in [6.07, 6.45) is 8.31. The maximum atomic E-state index is 5.03. The van der Waals surface area contributed by atoms with Crippen LogP contribution < -0.4 is 0 Å². The fourth-order valence-corrected chi connectivity index (χ4v) is 4.79. The average molecular weight is 451 g/mol. The van der Waals surface area contributed by atoms with Crippen LogP contribution in [-0.4, -0.2) is 39.3 Å². The lowest BCUT2D eigenvalue weighted by Gasteiger charge is -2.16. The Morgan fingerprint density at radius 2 is 1.68 bits per heavy atom. The maximum absolute atomic E-state index is 5.03. The molecular weight excluding hydrogens is 424 g/mol. The van der Waals surface area contributed by atoms with Crippen molar-refractivity contribution in [2.75, 3.05) is 0 Å². The zero-order chi connectivity index (χ0) is 23.4. The molecule has 0 amide bonds. The Morgan fingerprint density at radius 1 is 0.882 bits per heavy atom. The molecule has 6 rings (SSSR count). The molecule has 0 atom stereocenters. The molecule has 4 heterocycles. The van der Waals surface area contributed by atoms with E-state index in [9.17, 15) is 0 Å². The SMILES string of the molecule is Cc1cc(Cc2ncc3c(n2)-c2c(nn(C)c2-c2ccc(-c4cnn(C)c4)cc2)CC3)nn1C. The van der Waals surface area contributed by atoms with Crippen LogP contribution in [0.2, 0.25) is 0 Å². The molecule has 4 aromatic heterocycles. The highest BCUT2D eigenvalue weighted by molar-refractivity contribution is 5.84. The van der Waals surface area contributed by atoms with Crippen molar-refractivity contribution in [3.05, 3.63) is 77.4 Å². The molecule has 34 heavy (non-hydrogen) atoms. The molecule has 0 fully saturated rings. The van der Waals surface area contributed by atoms with E-state index in [2.05, 4.69) is 52.4 Å². The zero-order valence-electron chi connectivity index (χ0n) is 19.8. The van der Waals surface area contributed by atoms with Crippen LogP contribution in [0.4, 0.5) is 0 Å². The second-order valence-electron chi connectivity index (χ2n) is 9.01. The molecule has 0 saturated heterocycles. The van der Waals surface area contributed by atoms with Crippen molar-refractivity contribution in [2.45, 2.75) is 26.2 Å². The second kappa shape index (κ2) is 7.76. The molecule has 170 valence electrons. The lowest BCUT2D eigenvalue weighted by molar-refractivity contribution is 0.721. The van der Waals surface area contributed by atoms with Gasteiger partial charge in [0.1, 0.15) is 5.82 Å². The van der Waals surface area contributed by atoms with Crippen molar-refractivity contribution in [1.82, 2.24) is 39.3 Å². The molecule has 1 aliphatic rings. The molecule has 0 aliphatic heterocycles. The quantitative estimate of drug-likeness (QED) is 0.417. The molecule has 0 radical (unpaired) electrons. The Morgan fingerprint density at radius 3 is 2.38 bits per heavy atom. The minimum absolute atomic E-state index is 0.611. The van der Waals surface area contributed by atoms with Crippen LogP contribution in [-0.2, 0) is 40.4 Å². The maximum Gasteiger partial charge on any atom is 0.134 e. The molecule has 0 saturated carbocycles. The van der Waals surface area contributed by atoms with E-state index in [1.165, 1.54) is 5.56 Å². The third kappa shape index (κ3) is 3.42. The molecule has 0 N–H and O–H groups in total. The van der Waals surface area contributed by atoms with Crippen LogP contribution in [0.15, 0.2) is 48.9 Å². The van der Waals surface area contributed by atoms with Gasteiger partial charge in [-0.1, -0.05) is 24.3 Å². The highest BCUT2D eigenvalue weighted by atomic mass is 15.3. The summed E-state index contributed by atoms with van der Waals surface area (Å²) in [7, 11) is 5.91. The van der Waals surface area contributed by atoms with Crippen molar-refractivity contribution in [3.63, 3.8) is 0 Å².